The summed E-state index contributed by atoms with van der Waals surface area (Å²) in [6.07, 6.45) is 7.33. The van der Waals surface area contributed by atoms with E-state index < -0.39 is 0 Å². The number of nitrogens with one attached hydrogen (secondary N) is 1. The van der Waals surface area contributed by atoms with Crippen molar-refractivity contribution in [3.8, 4) is 0 Å². The van der Waals surface area contributed by atoms with Crippen LogP contribution in [0.5, 0.6) is 0 Å². The Morgan fingerprint density at radius 1 is 1.23 bits per heavy atom. The lowest BCUT2D eigenvalue weighted by atomic mass is 9.97. The molecule has 0 radical (unpaired) electrons. The molecule has 2 heterocycles. The number of benzene rings is 1. The maximum atomic E-state index is 5.66. The topological polar surface area (TPSA) is 28.2 Å². The fourth-order valence-corrected chi connectivity index (χ4v) is 3.26. The van der Waals surface area contributed by atoms with Crippen molar-refractivity contribution in [1.29, 1.82) is 0 Å². The summed E-state index contributed by atoms with van der Waals surface area (Å²) in [7, 11) is 0. The number of thiocarbonyl (C=S) groups is 1. The van der Waals surface area contributed by atoms with Gasteiger partial charge in [-0.3, -0.25) is 4.98 Å². The third-order valence-electron chi connectivity index (χ3n) is 4.14. The van der Waals surface area contributed by atoms with Crippen LogP contribution in [-0.4, -0.2) is 21.5 Å². The molecule has 1 saturated heterocycles. The summed E-state index contributed by atoms with van der Waals surface area (Å²) in [5, 5.41) is 4.18. The summed E-state index contributed by atoms with van der Waals surface area (Å²) in [6, 6.07) is 12.8. The highest BCUT2D eigenvalue weighted by atomic mass is 32.1. The zero-order chi connectivity index (χ0) is 15.4. The number of hydrogen-bond donors (Lipinski definition) is 1. The number of anilines is 1. The van der Waals surface area contributed by atoms with E-state index >= 15 is 0 Å². The molecule has 4 heteroatoms. The van der Waals surface area contributed by atoms with Gasteiger partial charge in [-0.2, -0.15) is 0 Å². The Balaban J connectivity index is 1.75. The van der Waals surface area contributed by atoms with Crippen LogP contribution in [-0.2, 0) is 0 Å². The molecule has 2 aromatic rings. The monoisotopic (exact) mass is 311 g/mol. The Labute approximate surface area is 137 Å². The molecule has 1 aliphatic rings. The van der Waals surface area contributed by atoms with Gasteiger partial charge >= 0.3 is 0 Å². The minimum atomic E-state index is 0.327. The van der Waals surface area contributed by atoms with E-state index in [1.807, 2.05) is 18.5 Å². The molecule has 1 aliphatic heterocycles. The smallest absolute Gasteiger partial charge is 0.173 e. The van der Waals surface area contributed by atoms with Crippen molar-refractivity contribution in [1.82, 2.24) is 9.88 Å². The molecule has 1 aromatic heterocycles. The van der Waals surface area contributed by atoms with Gasteiger partial charge in [0.05, 0.1) is 6.04 Å². The maximum absolute atomic E-state index is 5.66. The van der Waals surface area contributed by atoms with E-state index in [1.165, 1.54) is 24.0 Å². The molecule has 0 spiro atoms. The van der Waals surface area contributed by atoms with Gasteiger partial charge in [0.2, 0.25) is 0 Å². The number of nitrogens with zero attached hydrogens (tertiary/aromatic N) is 2. The third-order valence-corrected chi connectivity index (χ3v) is 4.47. The van der Waals surface area contributed by atoms with Gasteiger partial charge in [0, 0.05) is 24.6 Å². The first-order valence-electron chi connectivity index (χ1n) is 7.78. The zero-order valence-electron chi connectivity index (χ0n) is 12.8. The Bertz CT molecular complexity index is 625. The summed E-state index contributed by atoms with van der Waals surface area (Å²) in [6.45, 7) is 3.09. The standard InChI is InChI=1S/C18H21N3S/c1-14-7-9-16(10-8-14)20-18(22)21-12-3-2-6-17(21)15-5-4-11-19-13-15/h4-5,7-11,13,17H,2-3,6,12H2,1H3,(H,20,22)/t17-/m0/s1. The molecule has 3 nitrogen and oxygen atoms in total. The van der Waals surface area contributed by atoms with Crippen molar-refractivity contribution >= 4 is 23.0 Å². The molecule has 0 bridgehead atoms. The molecule has 114 valence electrons. The predicted molar refractivity (Wildman–Crippen MR) is 94.9 cm³/mol. The highest BCUT2D eigenvalue weighted by Crippen LogP contribution is 2.31. The van der Waals surface area contributed by atoms with E-state index in [2.05, 4.69) is 52.5 Å². The zero-order valence-corrected chi connectivity index (χ0v) is 13.6. The van der Waals surface area contributed by atoms with Gasteiger partial charge in [-0.15, -0.1) is 0 Å². The predicted octanol–water partition coefficient (Wildman–Crippen LogP) is 4.31. The van der Waals surface area contributed by atoms with Crippen molar-refractivity contribution in [3.63, 3.8) is 0 Å². The van der Waals surface area contributed by atoms with Crippen LogP contribution in [0.1, 0.15) is 36.4 Å². The average molecular weight is 311 g/mol. The number of aromatic nitrogens is 1. The summed E-state index contributed by atoms with van der Waals surface area (Å²) in [5.74, 6) is 0. The fraction of sp³-hybridized carbons (Fsp3) is 0.333. The molecule has 22 heavy (non-hydrogen) atoms. The minimum Gasteiger partial charge on any atom is -0.342 e. The molecule has 0 unspecified atom stereocenters. The summed E-state index contributed by atoms with van der Waals surface area (Å²) in [5.41, 5.74) is 3.55. The first-order chi connectivity index (χ1) is 10.7. The first-order valence-corrected chi connectivity index (χ1v) is 8.19. The lowest BCUT2D eigenvalue weighted by molar-refractivity contribution is 0.248. The molecule has 0 aliphatic carbocycles. The SMILES string of the molecule is Cc1ccc(NC(=S)N2CCCC[C@H]2c2cccnc2)cc1. The average Bonchev–Trinajstić information content (AvgIpc) is 2.58. The van der Waals surface area contributed by atoms with Crippen molar-refractivity contribution < 1.29 is 0 Å². The fourth-order valence-electron chi connectivity index (χ4n) is 2.93. The highest BCUT2D eigenvalue weighted by molar-refractivity contribution is 7.80. The molecule has 0 amide bonds. The van der Waals surface area contributed by atoms with E-state index in [0.717, 1.165) is 23.8 Å². The van der Waals surface area contributed by atoms with Gasteiger partial charge in [0.25, 0.3) is 0 Å². The Morgan fingerprint density at radius 3 is 2.77 bits per heavy atom. The normalized spacial score (nSPS) is 18.0. The number of pyridine rings is 1. The van der Waals surface area contributed by atoms with Crippen molar-refractivity contribution in [2.45, 2.75) is 32.2 Å². The van der Waals surface area contributed by atoms with Crippen LogP contribution in [0.4, 0.5) is 5.69 Å². The van der Waals surface area contributed by atoms with Crippen LogP contribution in [0.25, 0.3) is 0 Å². The van der Waals surface area contributed by atoms with Crippen molar-refractivity contribution in [2.24, 2.45) is 0 Å². The number of piperidine rings is 1. The van der Waals surface area contributed by atoms with E-state index in [0.29, 0.717) is 6.04 Å². The largest absolute Gasteiger partial charge is 0.342 e. The van der Waals surface area contributed by atoms with E-state index in [1.54, 1.807) is 0 Å². The molecular formula is C18H21N3S. The van der Waals surface area contributed by atoms with E-state index in [4.69, 9.17) is 12.2 Å². The highest BCUT2D eigenvalue weighted by Gasteiger charge is 2.26. The second-order valence-electron chi connectivity index (χ2n) is 5.79. The number of likely N-dealkylation sites (tertiary alicyclic amines) is 1. The third kappa shape index (κ3) is 3.45. The molecule has 1 aromatic carbocycles. The van der Waals surface area contributed by atoms with Crippen LogP contribution < -0.4 is 5.32 Å². The summed E-state index contributed by atoms with van der Waals surface area (Å²) < 4.78 is 0. The molecule has 3 rings (SSSR count). The number of rotatable bonds is 2. The second-order valence-corrected chi connectivity index (χ2v) is 6.17. The maximum Gasteiger partial charge on any atom is 0.173 e. The first kappa shape index (κ1) is 15.0. The second kappa shape index (κ2) is 6.88. The van der Waals surface area contributed by atoms with Gasteiger partial charge < -0.3 is 10.2 Å². The molecule has 1 N–H and O–H groups in total. The van der Waals surface area contributed by atoms with Crippen molar-refractivity contribution in [2.75, 3.05) is 11.9 Å². The molecular weight excluding hydrogens is 290 g/mol. The van der Waals surface area contributed by atoms with Gasteiger partial charge in [-0.25, -0.2) is 0 Å². The lowest BCUT2D eigenvalue weighted by Crippen LogP contribution is -2.41. The van der Waals surface area contributed by atoms with Gasteiger partial charge in [-0.1, -0.05) is 23.8 Å². The Kier molecular flexibility index (Phi) is 4.68. The van der Waals surface area contributed by atoms with Crippen LogP contribution in [0, 0.1) is 6.92 Å². The Hall–Kier alpha value is -1.94. The van der Waals surface area contributed by atoms with Crippen LogP contribution in [0.2, 0.25) is 0 Å². The lowest BCUT2D eigenvalue weighted by Gasteiger charge is -2.37. The quantitative estimate of drug-likeness (QED) is 0.836. The van der Waals surface area contributed by atoms with Crippen molar-refractivity contribution in [3.05, 3.63) is 59.9 Å². The molecule has 1 fully saturated rings. The number of hydrogen-bond acceptors (Lipinski definition) is 2. The van der Waals surface area contributed by atoms with E-state index in [-0.39, 0.29) is 0 Å². The summed E-state index contributed by atoms with van der Waals surface area (Å²) >= 11 is 5.66. The number of aryl methyl sites for hydroxylation is 1. The summed E-state index contributed by atoms with van der Waals surface area (Å²) in [4.78, 5) is 6.56. The minimum absolute atomic E-state index is 0.327. The molecule has 0 saturated carbocycles. The van der Waals surface area contributed by atoms with E-state index in [9.17, 15) is 0 Å². The van der Waals surface area contributed by atoms with Gasteiger partial charge in [0.15, 0.2) is 5.11 Å². The van der Waals surface area contributed by atoms with Crippen LogP contribution >= 0.6 is 12.2 Å². The Morgan fingerprint density at radius 2 is 2.05 bits per heavy atom. The van der Waals surface area contributed by atoms with Crippen LogP contribution in [0.3, 0.4) is 0 Å². The van der Waals surface area contributed by atoms with Gasteiger partial charge in [0.1, 0.15) is 0 Å². The molecule has 1 atom stereocenters. The van der Waals surface area contributed by atoms with Crippen LogP contribution in [0.15, 0.2) is 48.8 Å². The van der Waals surface area contributed by atoms with Gasteiger partial charge in [-0.05, 0) is 62.2 Å².